The highest BCUT2D eigenvalue weighted by atomic mass is 79.9. The van der Waals surface area contributed by atoms with E-state index in [1.165, 1.54) is 0 Å². The second-order valence-corrected chi connectivity index (χ2v) is 5.75. The highest BCUT2D eigenvalue weighted by Crippen LogP contribution is 2.34. The molecule has 0 fully saturated rings. The van der Waals surface area contributed by atoms with E-state index in [0.717, 1.165) is 32.7 Å². The van der Waals surface area contributed by atoms with E-state index in [-0.39, 0.29) is 6.04 Å². The number of nitrogens with one attached hydrogen (secondary N) is 1. The Bertz CT molecular complexity index is 628. The molecular formula is C17H20BrNO2. The van der Waals surface area contributed by atoms with E-state index in [1.807, 2.05) is 26.1 Å². The Hall–Kier alpha value is -1.52. The van der Waals surface area contributed by atoms with E-state index in [4.69, 9.17) is 9.47 Å². The van der Waals surface area contributed by atoms with Crippen LogP contribution in [0, 0.1) is 6.92 Å². The van der Waals surface area contributed by atoms with Gasteiger partial charge in [-0.1, -0.05) is 28.1 Å². The maximum Gasteiger partial charge on any atom is 0.124 e. The number of hydrogen-bond acceptors (Lipinski definition) is 3. The Morgan fingerprint density at radius 3 is 2.33 bits per heavy atom. The predicted molar refractivity (Wildman–Crippen MR) is 89.3 cm³/mol. The summed E-state index contributed by atoms with van der Waals surface area (Å²) in [5.41, 5.74) is 3.34. The second-order valence-electron chi connectivity index (χ2n) is 4.84. The van der Waals surface area contributed by atoms with Crippen LogP contribution in [-0.4, -0.2) is 21.3 Å². The van der Waals surface area contributed by atoms with Crippen molar-refractivity contribution in [3.63, 3.8) is 0 Å². The van der Waals surface area contributed by atoms with Crippen molar-refractivity contribution in [1.82, 2.24) is 5.32 Å². The number of hydrogen-bond donors (Lipinski definition) is 1. The lowest BCUT2D eigenvalue weighted by atomic mass is 9.96. The lowest BCUT2D eigenvalue weighted by molar-refractivity contribution is 0.403. The minimum atomic E-state index is 0.0342. The van der Waals surface area contributed by atoms with E-state index in [9.17, 15) is 0 Å². The lowest BCUT2D eigenvalue weighted by Crippen LogP contribution is -2.18. The standard InChI is InChI=1S/C17H20BrNO2/c1-11-5-6-12(9-16(11)21-4)17(19-2)14-10-13(18)7-8-15(14)20-3/h5-10,17,19H,1-4H3. The van der Waals surface area contributed by atoms with Crippen LogP contribution in [0.4, 0.5) is 0 Å². The molecule has 0 radical (unpaired) electrons. The van der Waals surface area contributed by atoms with Crippen LogP contribution in [0.3, 0.4) is 0 Å². The van der Waals surface area contributed by atoms with Crippen molar-refractivity contribution in [2.75, 3.05) is 21.3 Å². The minimum absolute atomic E-state index is 0.0342. The monoisotopic (exact) mass is 349 g/mol. The molecule has 1 unspecified atom stereocenters. The van der Waals surface area contributed by atoms with Crippen LogP contribution in [0.25, 0.3) is 0 Å². The van der Waals surface area contributed by atoms with Gasteiger partial charge in [0.2, 0.25) is 0 Å². The van der Waals surface area contributed by atoms with Crippen molar-refractivity contribution in [3.8, 4) is 11.5 Å². The molecule has 2 aromatic carbocycles. The molecule has 0 amide bonds. The fourth-order valence-corrected chi connectivity index (χ4v) is 2.83. The lowest BCUT2D eigenvalue weighted by Gasteiger charge is -2.21. The molecule has 0 aliphatic heterocycles. The molecule has 0 saturated heterocycles. The molecule has 2 aromatic rings. The first-order valence-corrected chi connectivity index (χ1v) is 7.55. The smallest absolute Gasteiger partial charge is 0.124 e. The Labute approximate surface area is 134 Å². The molecule has 0 aromatic heterocycles. The summed E-state index contributed by atoms with van der Waals surface area (Å²) in [6.07, 6.45) is 0. The fraction of sp³-hybridized carbons (Fsp3) is 0.294. The average molecular weight is 350 g/mol. The molecule has 112 valence electrons. The average Bonchev–Trinajstić information content (AvgIpc) is 2.50. The summed E-state index contributed by atoms with van der Waals surface area (Å²) in [6.45, 7) is 2.04. The second kappa shape index (κ2) is 6.96. The molecule has 0 saturated carbocycles. The SMILES string of the molecule is CNC(c1ccc(C)c(OC)c1)c1cc(Br)ccc1OC. The third-order valence-electron chi connectivity index (χ3n) is 3.56. The van der Waals surface area contributed by atoms with Gasteiger partial charge in [-0.2, -0.15) is 0 Å². The Morgan fingerprint density at radius 2 is 1.71 bits per heavy atom. The summed E-state index contributed by atoms with van der Waals surface area (Å²) in [5, 5.41) is 3.35. The number of ether oxygens (including phenoxy) is 2. The van der Waals surface area contributed by atoms with Crippen molar-refractivity contribution >= 4 is 15.9 Å². The Balaban J connectivity index is 2.51. The van der Waals surface area contributed by atoms with E-state index in [1.54, 1.807) is 14.2 Å². The topological polar surface area (TPSA) is 30.5 Å². The number of halogens is 1. The third kappa shape index (κ3) is 3.39. The molecule has 1 N–H and O–H groups in total. The van der Waals surface area contributed by atoms with Crippen molar-refractivity contribution in [1.29, 1.82) is 0 Å². The van der Waals surface area contributed by atoms with E-state index >= 15 is 0 Å². The summed E-state index contributed by atoms with van der Waals surface area (Å²) < 4.78 is 11.9. The first-order chi connectivity index (χ1) is 10.1. The molecule has 0 bridgehead atoms. The highest BCUT2D eigenvalue weighted by Gasteiger charge is 2.18. The van der Waals surface area contributed by atoms with Gasteiger partial charge in [0.15, 0.2) is 0 Å². The van der Waals surface area contributed by atoms with Gasteiger partial charge in [-0.25, -0.2) is 0 Å². The number of benzene rings is 2. The maximum absolute atomic E-state index is 5.49. The molecule has 0 aliphatic carbocycles. The van der Waals surface area contributed by atoms with E-state index in [2.05, 4.69) is 45.5 Å². The zero-order chi connectivity index (χ0) is 15.4. The van der Waals surface area contributed by atoms with Crippen LogP contribution in [0.1, 0.15) is 22.7 Å². The molecule has 1 atom stereocenters. The van der Waals surface area contributed by atoms with E-state index < -0.39 is 0 Å². The van der Waals surface area contributed by atoms with Crippen molar-refractivity contribution in [2.24, 2.45) is 0 Å². The minimum Gasteiger partial charge on any atom is -0.496 e. The Kier molecular flexibility index (Phi) is 5.26. The fourth-order valence-electron chi connectivity index (χ4n) is 2.45. The molecule has 2 rings (SSSR count). The number of rotatable bonds is 5. The van der Waals surface area contributed by atoms with Gasteiger partial charge in [0.05, 0.1) is 20.3 Å². The van der Waals surface area contributed by atoms with Crippen LogP contribution < -0.4 is 14.8 Å². The first kappa shape index (κ1) is 15.9. The summed E-state index contributed by atoms with van der Waals surface area (Å²) in [4.78, 5) is 0. The van der Waals surface area contributed by atoms with Gasteiger partial charge in [0.1, 0.15) is 11.5 Å². The molecule has 21 heavy (non-hydrogen) atoms. The molecule has 4 heteroatoms. The van der Waals surface area contributed by atoms with Gasteiger partial charge < -0.3 is 14.8 Å². The summed E-state index contributed by atoms with van der Waals surface area (Å²) >= 11 is 3.53. The maximum atomic E-state index is 5.49. The third-order valence-corrected chi connectivity index (χ3v) is 4.05. The summed E-state index contributed by atoms with van der Waals surface area (Å²) in [6, 6.07) is 12.3. The van der Waals surface area contributed by atoms with Gasteiger partial charge in [-0.05, 0) is 49.4 Å². The van der Waals surface area contributed by atoms with Crippen molar-refractivity contribution in [2.45, 2.75) is 13.0 Å². The summed E-state index contributed by atoms with van der Waals surface area (Å²) in [7, 11) is 5.33. The molecule has 3 nitrogen and oxygen atoms in total. The van der Waals surface area contributed by atoms with Crippen LogP contribution in [0.5, 0.6) is 11.5 Å². The van der Waals surface area contributed by atoms with Gasteiger partial charge in [-0.15, -0.1) is 0 Å². The quantitative estimate of drug-likeness (QED) is 0.881. The van der Waals surface area contributed by atoms with Crippen LogP contribution in [0.15, 0.2) is 40.9 Å². The van der Waals surface area contributed by atoms with Gasteiger partial charge in [0.25, 0.3) is 0 Å². The van der Waals surface area contributed by atoms with Crippen molar-refractivity contribution in [3.05, 3.63) is 57.6 Å². The van der Waals surface area contributed by atoms with Gasteiger partial charge >= 0.3 is 0 Å². The molecule has 0 aliphatic rings. The number of methoxy groups -OCH3 is 2. The zero-order valence-corrected chi connectivity index (χ0v) is 14.3. The van der Waals surface area contributed by atoms with E-state index in [0.29, 0.717) is 0 Å². The largest absolute Gasteiger partial charge is 0.496 e. The Morgan fingerprint density at radius 1 is 1.00 bits per heavy atom. The molecule has 0 spiro atoms. The summed E-state index contributed by atoms with van der Waals surface area (Å²) in [5.74, 6) is 1.75. The zero-order valence-electron chi connectivity index (χ0n) is 12.7. The van der Waals surface area contributed by atoms with Crippen LogP contribution in [0.2, 0.25) is 0 Å². The molecular weight excluding hydrogens is 330 g/mol. The number of aryl methyl sites for hydroxylation is 1. The van der Waals surface area contributed by atoms with Gasteiger partial charge in [0, 0.05) is 10.0 Å². The highest BCUT2D eigenvalue weighted by molar-refractivity contribution is 9.10. The van der Waals surface area contributed by atoms with Crippen LogP contribution in [-0.2, 0) is 0 Å². The van der Waals surface area contributed by atoms with Crippen molar-refractivity contribution < 1.29 is 9.47 Å². The molecule has 0 heterocycles. The van der Waals surface area contributed by atoms with Crippen LogP contribution >= 0.6 is 15.9 Å². The predicted octanol–water partition coefficient (Wildman–Crippen LogP) is 4.08. The first-order valence-electron chi connectivity index (χ1n) is 6.76. The normalized spacial score (nSPS) is 12.0. The van der Waals surface area contributed by atoms with Gasteiger partial charge in [-0.3, -0.25) is 0 Å².